The summed E-state index contributed by atoms with van der Waals surface area (Å²) in [5.41, 5.74) is 3.13. The molecule has 7 heteroatoms. The average molecular weight is 447 g/mol. The van der Waals surface area contributed by atoms with Crippen molar-refractivity contribution in [2.24, 2.45) is 0 Å². The fourth-order valence-electron chi connectivity index (χ4n) is 3.67. The molecular formula is C25H26N4O2S. The SMILES string of the molecule is CCn1c(COc2cc(C)cc(C)c2)nnc1SCC(=O)Nc1cccc2ccccc12. The van der Waals surface area contributed by atoms with E-state index in [0.717, 1.165) is 39.2 Å². The van der Waals surface area contributed by atoms with Gasteiger partial charge in [0.25, 0.3) is 0 Å². The molecule has 0 saturated carbocycles. The van der Waals surface area contributed by atoms with Crippen LogP contribution in [0.1, 0.15) is 23.9 Å². The number of carbonyl (C=O) groups is 1. The van der Waals surface area contributed by atoms with Crippen LogP contribution >= 0.6 is 11.8 Å². The maximum absolute atomic E-state index is 12.6. The van der Waals surface area contributed by atoms with Crippen LogP contribution in [0.4, 0.5) is 5.69 Å². The summed E-state index contributed by atoms with van der Waals surface area (Å²) in [4.78, 5) is 12.6. The molecule has 0 aliphatic heterocycles. The first kappa shape index (κ1) is 21.9. The van der Waals surface area contributed by atoms with Gasteiger partial charge in [-0.05, 0) is 55.5 Å². The largest absolute Gasteiger partial charge is 0.486 e. The number of ether oxygens (including phenoxy) is 1. The minimum atomic E-state index is -0.0787. The lowest BCUT2D eigenvalue weighted by atomic mass is 10.1. The zero-order valence-corrected chi connectivity index (χ0v) is 19.3. The molecule has 4 rings (SSSR count). The average Bonchev–Trinajstić information content (AvgIpc) is 3.18. The summed E-state index contributed by atoms with van der Waals surface area (Å²) in [6.45, 7) is 7.15. The third-order valence-electron chi connectivity index (χ3n) is 5.07. The number of carbonyl (C=O) groups excluding carboxylic acids is 1. The van der Waals surface area contributed by atoms with E-state index in [4.69, 9.17) is 4.74 Å². The van der Waals surface area contributed by atoms with Gasteiger partial charge in [-0.3, -0.25) is 4.79 Å². The zero-order valence-electron chi connectivity index (χ0n) is 18.5. The van der Waals surface area contributed by atoms with Crippen molar-refractivity contribution < 1.29 is 9.53 Å². The molecule has 0 fully saturated rings. The number of nitrogens with one attached hydrogen (secondary N) is 1. The first-order chi connectivity index (χ1) is 15.5. The molecule has 0 atom stereocenters. The van der Waals surface area contributed by atoms with Gasteiger partial charge in [-0.25, -0.2) is 0 Å². The van der Waals surface area contributed by atoms with E-state index in [1.54, 1.807) is 0 Å². The van der Waals surface area contributed by atoms with Crippen LogP contribution in [0, 0.1) is 13.8 Å². The maximum atomic E-state index is 12.6. The van der Waals surface area contributed by atoms with E-state index in [9.17, 15) is 4.79 Å². The molecule has 0 aliphatic carbocycles. The Kier molecular flexibility index (Phi) is 6.75. The van der Waals surface area contributed by atoms with Gasteiger partial charge >= 0.3 is 0 Å². The highest BCUT2D eigenvalue weighted by Gasteiger charge is 2.14. The van der Waals surface area contributed by atoms with Gasteiger partial charge in [0.05, 0.1) is 5.75 Å². The Balaban J connectivity index is 1.39. The van der Waals surface area contributed by atoms with E-state index in [-0.39, 0.29) is 11.7 Å². The highest BCUT2D eigenvalue weighted by atomic mass is 32.2. The van der Waals surface area contributed by atoms with Crippen molar-refractivity contribution in [3.8, 4) is 5.75 Å². The van der Waals surface area contributed by atoms with Gasteiger partial charge in [-0.15, -0.1) is 10.2 Å². The van der Waals surface area contributed by atoms with Crippen molar-refractivity contribution in [2.45, 2.75) is 39.1 Å². The third-order valence-corrected chi connectivity index (χ3v) is 6.04. The van der Waals surface area contributed by atoms with Crippen molar-refractivity contribution in [3.63, 3.8) is 0 Å². The molecule has 1 heterocycles. The van der Waals surface area contributed by atoms with Crippen molar-refractivity contribution in [1.82, 2.24) is 14.8 Å². The number of nitrogens with zero attached hydrogens (tertiary/aromatic N) is 3. The van der Waals surface area contributed by atoms with E-state index in [1.165, 1.54) is 11.8 Å². The standard InChI is InChI=1S/C25H26N4O2S/c1-4-29-23(15-31-20-13-17(2)12-18(3)14-20)27-28-25(29)32-16-24(30)26-22-11-7-9-19-8-5-6-10-21(19)22/h5-14H,4,15-16H2,1-3H3,(H,26,30). The topological polar surface area (TPSA) is 69.0 Å². The van der Waals surface area contributed by atoms with E-state index in [2.05, 4.69) is 21.6 Å². The third kappa shape index (κ3) is 5.11. The molecule has 32 heavy (non-hydrogen) atoms. The molecule has 4 aromatic rings. The number of hydrogen-bond donors (Lipinski definition) is 1. The van der Waals surface area contributed by atoms with E-state index in [0.29, 0.717) is 18.3 Å². The number of anilines is 1. The fraction of sp³-hybridized carbons (Fsp3) is 0.240. The quantitative estimate of drug-likeness (QED) is 0.368. The molecule has 0 aliphatic rings. The second kappa shape index (κ2) is 9.87. The molecule has 1 amide bonds. The number of benzene rings is 3. The number of rotatable bonds is 8. The van der Waals surface area contributed by atoms with Crippen LogP contribution < -0.4 is 10.1 Å². The summed E-state index contributed by atoms with van der Waals surface area (Å²) in [7, 11) is 0. The molecule has 3 aromatic carbocycles. The van der Waals surface area contributed by atoms with E-state index < -0.39 is 0 Å². The Morgan fingerprint density at radius 1 is 1.03 bits per heavy atom. The van der Waals surface area contributed by atoms with Crippen LogP contribution in [0.15, 0.2) is 65.8 Å². The lowest BCUT2D eigenvalue weighted by molar-refractivity contribution is -0.113. The number of fused-ring (bicyclic) bond motifs is 1. The first-order valence-corrected chi connectivity index (χ1v) is 11.6. The van der Waals surface area contributed by atoms with Gasteiger partial charge in [0, 0.05) is 17.6 Å². The Hall–Kier alpha value is -3.32. The predicted molar refractivity (Wildman–Crippen MR) is 129 cm³/mol. The van der Waals surface area contributed by atoms with Gasteiger partial charge in [0.1, 0.15) is 12.4 Å². The second-order valence-corrected chi connectivity index (χ2v) is 8.56. The van der Waals surface area contributed by atoms with E-state index >= 15 is 0 Å². The number of aromatic nitrogens is 3. The highest BCUT2D eigenvalue weighted by Crippen LogP contribution is 2.24. The molecule has 1 aromatic heterocycles. The summed E-state index contributed by atoms with van der Waals surface area (Å²) in [6.07, 6.45) is 0. The summed E-state index contributed by atoms with van der Waals surface area (Å²) in [6, 6.07) is 20.0. The zero-order chi connectivity index (χ0) is 22.5. The van der Waals surface area contributed by atoms with Crippen LogP contribution in [0.5, 0.6) is 5.75 Å². The first-order valence-electron chi connectivity index (χ1n) is 10.6. The van der Waals surface area contributed by atoms with Crippen molar-refractivity contribution >= 4 is 34.1 Å². The molecule has 0 radical (unpaired) electrons. The van der Waals surface area contributed by atoms with Crippen LogP contribution in [-0.4, -0.2) is 26.4 Å². The van der Waals surface area contributed by atoms with Gasteiger partial charge < -0.3 is 14.6 Å². The smallest absolute Gasteiger partial charge is 0.234 e. The minimum Gasteiger partial charge on any atom is -0.486 e. The molecule has 0 spiro atoms. The molecule has 6 nitrogen and oxygen atoms in total. The number of aryl methyl sites for hydroxylation is 2. The van der Waals surface area contributed by atoms with Gasteiger partial charge in [0.2, 0.25) is 5.91 Å². The molecule has 164 valence electrons. The Bertz CT molecular complexity index is 1230. The van der Waals surface area contributed by atoms with Crippen LogP contribution in [0.3, 0.4) is 0 Å². The van der Waals surface area contributed by atoms with Crippen molar-refractivity contribution in [1.29, 1.82) is 0 Å². The van der Waals surface area contributed by atoms with Crippen LogP contribution in [-0.2, 0) is 17.9 Å². The van der Waals surface area contributed by atoms with E-state index in [1.807, 2.05) is 79.9 Å². The second-order valence-electron chi connectivity index (χ2n) is 7.62. The number of amides is 1. The minimum absolute atomic E-state index is 0.0787. The molecule has 0 unspecified atom stereocenters. The predicted octanol–water partition coefficient (Wildman–Crippen LogP) is 5.38. The lowest BCUT2D eigenvalue weighted by Crippen LogP contribution is -2.15. The summed E-state index contributed by atoms with van der Waals surface area (Å²) < 4.78 is 7.93. The van der Waals surface area contributed by atoms with Crippen LogP contribution in [0.2, 0.25) is 0 Å². The number of thioether (sulfide) groups is 1. The van der Waals surface area contributed by atoms with Crippen LogP contribution in [0.25, 0.3) is 10.8 Å². The monoisotopic (exact) mass is 446 g/mol. The summed E-state index contributed by atoms with van der Waals surface area (Å²) >= 11 is 1.37. The van der Waals surface area contributed by atoms with Gasteiger partial charge in [-0.2, -0.15) is 0 Å². The Morgan fingerprint density at radius 2 is 1.78 bits per heavy atom. The van der Waals surface area contributed by atoms with Gasteiger partial charge in [-0.1, -0.05) is 54.2 Å². The van der Waals surface area contributed by atoms with Gasteiger partial charge in [0.15, 0.2) is 11.0 Å². The summed E-state index contributed by atoms with van der Waals surface area (Å²) in [5, 5.41) is 14.4. The fourth-order valence-corrected chi connectivity index (χ4v) is 4.49. The summed E-state index contributed by atoms with van der Waals surface area (Å²) in [5.74, 6) is 1.73. The molecule has 0 saturated heterocycles. The Morgan fingerprint density at radius 3 is 2.56 bits per heavy atom. The molecule has 0 bridgehead atoms. The Labute approximate surface area is 192 Å². The van der Waals surface area contributed by atoms with Crippen molar-refractivity contribution in [3.05, 3.63) is 77.6 Å². The maximum Gasteiger partial charge on any atom is 0.234 e. The lowest BCUT2D eigenvalue weighted by Gasteiger charge is -2.10. The highest BCUT2D eigenvalue weighted by molar-refractivity contribution is 7.99. The normalized spacial score (nSPS) is 11.0. The molecule has 1 N–H and O–H groups in total. The molecular weight excluding hydrogens is 420 g/mol. The number of hydrogen-bond acceptors (Lipinski definition) is 5. The van der Waals surface area contributed by atoms with Crippen molar-refractivity contribution in [2.75, 3.05) is 11.1 Å².